The van der Waals surface area contributed by atoms with Crippen molar-refractivity contribution in [3.05, 3.63) is 30.3 Å². The monoisotopic (exact) mass is 517 g/mol. The summed E-state index contributed by atoms with van der Waals surface area (Å²) >= 11 is 0. The minimum absolute atomic E-state index is 0. The number of nitrogens with one attached hydrogen (secondary N) is 1. The van der Waals surface area contributed by atoms with Gasteiger partial charge in [0.2, 0.25) is 0 Å². The zero-order valence-corrected chi connectivity index (χ0v) is 19.9. The number of hydrogen-bond donors (Lipinski definition) is 1. The maximum absolute atomic E-state index is 6.08. The van der Waals surface area contributed by atoms with E-state index < -0.39 is 0 Å². The fourth-order valence-electron chi connectivity index (χ4n) is 3.75. The number of hydrogen-bond acceptors (Lipinski definition) is 4. The van der Waals surface area contributed by atoms with Gasteiger partial charge in [0, 0.05) is 66.0 Å². The molecule has 0 atom stereocenters. The number of likely N-dealkylation sites (tertiary alicyclic amines) is 1. The van der Waals surface area contributed by atoms with Crippen molar-refractivity contribution in [2.45, 2.75) is 38.2 Å². The van der Waals surface area contributed by atoms with Crippen molar-refractivity contribution in [1.82, 2.24) is 10.2 Å². The number of rotatable bonds is 8. The minimum Gasteiger partial charge on any atom is -0.490 e. The van der Waals surface area contributed by atoms with Crippen molar-refractivity contribution in [3.8, 4) is 5.75 Å². The summed E-state index contributed by atoms with van der Waals surface area (Å²) in [6.45, 7) is 6.27. The molecule has 0 spiro atoms. The average Bonchev–Trinajstić information content (AvgIpc) is 2.75. The van der Waals surface area contributed by atoms with Crippen LogP contribution in [0.2, 0.25) is 0 Å². The quantitative estimate of drug-likeness (QED) is 0.248. The lowest BCUT2D eigenvalue weighted by molar-refractivity contribution is 0.0203. The molecule has 7 heteroatoms. The number of nitrogens with zero attached hydrogens (tertiary/aromatic N) is 2. The van der Waals surface area contributed by atoms with Gasteiger partial charge in [-0.1, -0.05) is 18.2 Å². The Hall–Kier alpha value is -1.06. The first-order chi connectivity index (χ1) is 13.8. The predicted octanol–water partition coefficient (Wildman–Crippen LogP) is 3.56. The van der Waals surface area contributed by atoms with Gasteiger partial charge < -0.3 is 24.4 Å². The second-order valence-corrected chi connectivity index (χ2v) is 7.58. The van der Waals surface area contributed by atoms with Crippen molar-refractivity contribution >= 4 is 29.9 Å². The molecule has 2 heterocycles. The molecule has 1 aromatic carbocycles. The molecule has 0 aliphatic carbocycles. The first kappa shape index (κ1) is 24.2. The van der Waals surface area contributed by atoms with E-state index in [1.54, 1.807) is 0 Å². The molecule has 2 saturated heterocycles. The third kappa shape index (κ3) is 8.68. The van der Waals surface area contributed by atoms with E-state index in [4.69, 9.17) is 14.2 Å². The Morgan fingerprint density at radius 2 is 1.86 bits per heavy atom. The lowest BCUT2D eigenvalue weighted by Gasteiger charge is -2.34. The molecule has 0 bridgehead atoms. The van der Waals surface area contributed by atoms with Gasteiger partial charge in [-0.2, -0.15) is 0 Å². The average molecular weight is 517 g/mol. The Morgan fingerprint density at radius 3 is 2.55 bits per heavy atom. The molecule has 1 N–H and O–H groups in total. The fourth-order valence-corrected chi connectivity index (χ4v) is 3.75. The van der Waals surface area contributed by atoms with E-state index in [2.05, 4.69) is 15.2 Å². The molecule has 3 rings (SSSR count). The molecule has 0 saturated carbocycles. The van der Waals surface area contributed by atoms with Gasteiger partial charge in [-0.3, -0.25) is 4.99 Å². The number of aliphatic imine (C=N–C) groups is 1. The second kappa shape index (κ2) is 14.0. The summed E-state index contributed by atoms with van der Waals surface area (Å²) in [5.41, 5.74) is 0. The molecule has 164 valence electrons. The highest BCUT2D eigenvalue weighted by atomic mass is 127. The van der Waals surface area contributed by atoms with Gasteiger partial charge in [-0.25, -0.2) is 0 Å². The lowest BCUT2D eigenvalue weighted by Crippen LogP contribution is -2.47. The highest BCUT2D eigenvalue weighted by molar-refractivity contribution is 14.0. The van der Waals surface area contributed by atoms with Crippen LogP contribution in [0.4, 0.5) is 0 Å². The van der Waals surface area contributed by atoms with Gasteiger partial charge in [0.1, 0.15) is 11.9 Å². The van der Waals surface area contributed by atoms with Crippen molar-refractivity contribution in [1.29, 1.82) is 0 Å². The summed E-state index contributed by atoms with van der Waals surface area (Å²) in [6.07, 6.45) is 5.59. The zero-order valence-electron chi connectivity index (χ0n) is 17.6. The minimum atomic E-state index is 0. The van der Waals surface area contributed by atoms with Crippen molar-refractivity contribution < 1.29 is 14.2 Å². The molecule has 0 radical (unpaired) electrons. The van der Waals surface area contributed by atoms with Gasteiger partial charge in [-0.15, -0.1) is 24.0 Å². The van der Waals surface area contributed by atoms with Crippen LogP contribution in [0, 0.1) is 5.92 Å². The van der Waals surface area contributed by atoms with Crippen LogP contribution >= 0.6 is 24.0 Å². The van der Waals surface area contributed by atoms with Crippen LogP contribution in [0.3, 0.4) is 0 Å². The topological polar surface area (TPSA) is 55.3 Å². The highest BCUT2D eigenvalue weighted by Crippen LogP contribution is 2.18. The van der Waals surface area contributed by atoms with Crippen molar-refractivity contribution in [2.75, 3.05) is 53.1 Å². The molecule has 2 aliphatic heterocycles. The Morgan fingerprint density at radius 1 is 1.14 bits per heavy atom. The second-order valence-electron chi connectivity index (χ2n) is 7.58. The number of guanidine groups is 1. The SMILES string of the molecule is CN=C(NCCCOCC1CCOCC1)N1CCC(Oc2ccccc2)CC1.I. The first-order valence-corrected chi connectivity index (χ1v) is 10.7. The summed E-state index contributed by atoms with van der Waals surface area (Å²) in [7, 11) is 1.86. The zero-order chi connectivity index (χ0) is 19.4. The number of benzene rings is 1. The van der Waals surface area contributed by atoms with E-state index in [-0.39, 0.29) is 30.1 Å². The molecule has 2 fully saturated rings. The third-order valence-electron chi connectivity index (χ3n) is 5.44. The molecule has 1 aromatic rings. The van der Waals surface area contributed by atoms with Crippen LogP contribution < -0.4 is 10.1 Å². The van der Waals surface area contributed by atoms with E-state index in [0.717, 1.165) is 89.9 Å². The predicted molar refractivity (Wildman–Crippen MR) is 127 cm³/mol. The van der Waals surface area contributed by atoms with Crippen LogP contribution in [0.25, 0.3) is 0 Å². The smallest absolute Gasteiger partial charge is 0.193 e. The normalized spacial score (nSPS) is 18.9. The van der Waals surface area contributed by atoms with E-state index in [0.29, 0.717) is 5.92 Å². The largest absolute Gasteiger partial charge is 0.490 e. The molecule has 0 unspecified atom stereocenters. The lowest BCUT2D eigenvalue weighted by atomic mass is 10.0. The summed E-state index contributed by atoms with van der Waals surface area (Å²) in [4.78, 5) is 6.78. The van der Waals surface area contributed by atoms with Gasteiger partial charge in [0.25, 0.3) is 0 Å². The van der Waals surface area contributed by atoms with Crippen LogP contribution in [0.5, 0.6) is 5.75 Å². The fraction of sp³-hybridized carbons (Fsp3) is 0.682. The van der Waals surface area contributed by atoms with Gasteiger partial charge in [0.15, 0.2) is 5.96 Å². The van der Waals surface area contributed by atoms with Gasteiger partial charge in [0.05, 0.1) is 0 Å². The Bertz CT molecular complexity index is 574. The van der Waals surface area contributed by atoms with Crippen LogP contribution in [-0.2, 0) is 9.47 Å². The number of para-hydroxylation sites is 1. The maximum atomic E-state index is 6.08. The standard InChI is InChI=1S/C22H35N3O3.HI/c1-23-22(24-12-5-15-27-18-19-10-16-26-17-11-19)25-13-8-21(9-14-25)28-20-6-3-2-4-7-20;/h2-4,6-7,19,21H,5,8-18H2,1H3,(H,23,24);1H. The van der Waals surface area contributed by atoms with Crippen molar-refractivity contribution in [3.63, 3.8) is 0 Å². The Labute approximate surface area is 192 Å². The van der Waals surface area contributed by atoms with Gasteiger partial charge in [-0.05, 0) is 37.3 Å². The molecule has 0 amide bonds. The number of piperidine rings is 1. The molecule has 0 aromatic heterocycles. The van der Waals surface area contributed by atoms with Crippen LogP contribution in [0.15, 0.2) is 35.3 Å². The molecule has 6 nitrogen and oxygen atoms in total. The summed E-state index contributed by atoms with van der Waals surface area (Å²) in [5.74, 6) is 2.63. The van der Waals surface area contributed by atoms with E-state index >= 15 is 0 Å². The third-order valence-corrected chi connectivity index (χ3v) is 5.44. The number of halogens is 1. The van der Waals surface area contributed by atoms with Crippen molar-refractivity contribution in [2.24, 2.45) is 10.9 Å². The van der Waals surface area contributed by atoms with Crippen LogP contribution in [0.1, 0.15) is 32.1 Å². The first-order valence-electron chi connectivity index (χ1n) is 10.7. The van der Waals surface area contributed by atoms with Crippen LogP contribution in [-0.4, -0.2) is 70.1 Å². The molecular weight excluding hydrogens is 481 g/mol. The summed E-state index contributed by atoms with van der Waals surface area (Å²) in [5, 5.41) is 3.48. The van der Waals surface area contributed by atoms with E-state index in [9.17, 15) is 0 Å². The summed E-state index contributed by atoms with van der Waals surface area (Å²) < 4.78 is 17.3. The Balaban J connectivity index is 0.00000300. The summed E-state index contributed by atoms with van der Waals surface area (Å²) in [6, 6.07) is 10.1. The highest BCUT2D eigenvalue weighted by Gasteiger charge is 2.22. The molecular formula is C22H36IN3O3. The molecule has 29 heavy (non-hydrogen) atoms. The number of ether oxygens (including phenoxy) is 3. The molecule has 2 aliphatic rings. The van der Waals surface area contributed by atoms with Gasteiger partial charge >= 0.3 is 0 Å². The maximum Gasteiger partial charge on any atom is 0.193 e. The Kier molecular flexibility index (Phi) is 11.7. The van der Waals surface area contributed by atoms with E-state index in [1.165, 1.54) is 0 Å². The van der Waals surface area contributed by atoms with E-state index in [1.807, 2.05) is 37.4 Å².